The van der Waals surface area contributed by atoms with E-state index in [-0.39, 0.29) is 11.8 Å². The van der Waals surface area contributed by atoms with E-state index in [9.17, 15) is 9.59 Å². The second-order valence-electron chi connectivity index (χ2n) is 7.06. The monoisotopic (exact) mass is 350 g/mol. The van der Waals surface area contributed by atoms with Crippen molar-refractivity contribution >= 4 is 17.5 Å². The second-order valence-corrected chi connectivity index (χ2v) is 7.06. The number of aryl methyl sites for hydroxylation is 1. The fourth-order valence-electron chi connectivity index (χ4n) is 3.21. The van der Waals surface area contributed by atoms with Gasteiger partial charge >= 0.3 is 0 Å². The zero-order valence-electron chi connectivity index (χ0n) is 15.5. The van der Waals surface area contributed by atoms with Gasteiger partial charge in [-0.3, -0.25) is 9.59 Å². The van der Waals surface area contributed by atoms with Crippen LogP contribution in [-0.2, 0) is 6.42 Å². The van der Waals surface area contributed by atoms with E-state index in [1.807, 2.05) is 29.2 Å². The number of amides is 2. The van der Waals surface area contributed by atoms with Crippen LogP contribution in [0.15, 0.2) is 48.5 Å². The van der Waals surface area contributed by atoms with E-state index < -0.39 is 0 Å². The topological polar surface area (TPSA) is 49.4 Å². The summed E-state index contributed by atoms with van der Waals surface area (Å²) in [4.78, 5) is 27.1. The third-order valence-electron chi connectivity index (χ3n) is 5.06. The first-order chi connectivity index (χ1) is 12.6. The highest BCUT2D eigenvalue weighted by molar-refractivity contribution is 6.06. The lowest BCUT2D eigenvalue weighted by atomic mass is 9.98. The van der Waals surface area contributed by atoms with Gasteiger partial charge in [0.15, 0.2) is 0 Å². The van der Waals surface area contributed by atoms with Gasteiger partial charge in [-0.1, -0.05) is 32.0 Å². The number of anilines is 1. The molecule has 0 atom stereocenters. The molecule has 3 rings (SSSR count). The summed E-state index contributed by atoms with van der Waals surface area (Å²) in [7, 11) is 0. The maximum absolute atomic E-state index is 12.7. The van der Waals surface area contributed by atoms with Crippen LogP contribution >= 0.6 is 0 Å². The molecule has 1 aliphatic rings. The fraction of sp³-hybridized carbons (Fsp3) is 0.364. The van der Waals surface area contributed by atoms with E-state index >= 15 is 0 Å². The van der Waals surface area contributed by atoms with Crippen molar-refractivity contribution in [2.75, 3.05) is 18.4 Å². The summed E-state index contributed by atoms with van der Waals surface area (Å²) < 4.78 is 0. The molecule has 2 aromatic carbocycles. The molecule has 0 aromatic heterocycles. The molecule has 0 bridgehead atoms. The van der Waals surface area contributed by atoms with Gasteiger partial charge in [0.1, 0.15) is 0 Å². The molecule has 0 aliphatic carbocycles. The highest BCUT2D eigenvalue weighted by atomic mass is 16.2. The fourth-order valence-corrected chi connectivity index (χ4v) is 3.21. The normalized spacial score (nSPS) is 14.9. The minimum atomic E-state index is -0.198. The molecule has 0 unspecified atom stereocenters. The van der Waals surface area contributed by atoms with E-state index in [1.165, 1.54) is 5.56 Å². The predicted octanol–water partition coefficient (Wildman–Crippen LogP) is 4.37. The number of rotatable bonds is 4. The number of benzene rings is 2. The molecule has 0 radical (unpaired) electrons. The predicted molar refractivity (Wildman–Crippen MR) is 105 cm³/mol. The molecule has 1 fully saturated rings. The molecular formula is C22H26N2O2. The first-order valence-electron chi connectivity index (χ1n) is 9.36. The van der Waals surface area contributed by atoms with Crippen molar-refractivity contribution in [3.05, 3.63) is 65.2 Å². The Morgan fingerprint density at radius 1 is 1.04 bits per heavy atom. The Kier molecular flexibility index (Phi) is 5.71. The molecule has 4 heteroatoms. The molecule has 0 spiro atoms. The minimum absolute atomic E-state index is 0.0128. The molecule has 136 valence electrons. The number of nitrogens with zero attached hydrogens (tertiary/aromatic N) is 1. The van der Waals surface area contributed by atoms with Crippen LogP contribution in [0.4, 0.5) is 5.69 Å². The van der Waals surface area contributed by atoms with Crippen molar-refractivity contribution in [2.24, 2.45) is 5.92 Å². The van der Waals surface area contributed by atoms with E-state index in [0.29, 0.717) is 17.0 Å². The Morgan fingerprint density at radius 2 is 1.69 bits per heavy atom. The van der Waals surface area contributed by atoms with Crippen molar-refractivity contribution in [2.45, 2.75) is 33.1 Å². The zero-order valence-corrected chi connectivity index (χ0v) is 15.5. The molecule has 2 amide bonds. The number of hydrogen-bond acceptors (Lipinski definition) is 2. The van der Waals surface area contributed by atoms with Crippen LogP contribution in [0, 0.1) is 5.92 Å². The van der Waals surface area contributed by atoms with Gasteiger partial charge in [0.05, 0.1) is 0 Å². The average Bonchev–Trinajstić information content (AvgIpc) is 2.68. The summed E-state index contributed by atoms with van der Waals surface area (Å²) in [5.74, 6) is 0.491. The second kappa shape index (κ2) is 8.17. The molecule has 1 saturated heterocycles. The molecule has 26 heavy (non-hydrogen) atoms. The van der Waals surface area contributed by atoms with Crippen molar-refractivity contribution in [3.8, 4) is 0 Å². The van der Waals surface area contributed by atoms with Gasteiger partial charge < -0.3 is 10.2 Å². The van der Waals surface area contributed by atoms with E-state index in [0.717, 1.165) is 38.0 Å². The van der Waals surface area contributed by atoms with Crippen LogP contribution in [0.25, 0.3) is 0 Å². The lowest BCUT2D eigenvalue weighted by Gasteiger charge is -2.30. The molecule has 4 nitrogen and oxygen atoms in total. The Bertz CT molecular complexity index is 775. The summed E-state index contributed by atoms with van der Waals surface area (Å²) in [5, 5.41) is 2.90. The average molecular weight is 350 g/mol. The third kappa shape index (κ3) is 4.31. The van der Waals surface area contributed by atoms with Gasteiger partial charge in [0, 0.05) is 29.9 Å². The number of likely N-dealkylation sites (tertiary alicyclic amines) is 1. The Morgan fingerprint density at radius 3 is 2.35 bits per heavy atom. The standard InChI is InChI=1S/C22H26N2O2/c1-3-17-7-9-20(10-8-17)23-21(25)18-5-4-6-19(15-18)22(26)24-13-11-16(2)12-14-24/h4-10,15-16H,3,11-14H2,1-2H3,(H,23,25). The quantitative estimate of drug-likeness (QED) is 0.890. The Labute approximate surface area is 155 Å². The van der Waals surface area contributed by atoms with Crippen molar-refractivity contribution in [1.29, 1.82) is 0 Å². The highest BCUT2D eigenvalue weighted by Crippen LogP contribution is 2.19. The molecule has 1 heterocycles. The van der Waals surface area contributed by atoms with Crippen molar-refractivity contribution in [3.63, 3.8) is 0 Å². The molecule has 1 aliphatic heterocycles. The lowest BCUT2D eigenvalue weighted by molar-refractivity contribution is 0.0697. The van der Waals surface area contributed by atoms with Crippen molar-refractivity contribution in [1.82, 2.24) is 4.90 Å². The molecular weight excluding hydrogens is 324 g/mol. The van der Waals surface area contributed by atoms with Crippen LogP contribution in [-0.4, -0.2) is 29.8 Å². The summed E-state index contributed by atoms with van der Waals surface area (Å²) in [6.07, 6.45) is 3.05. The van der Waals surface area contributed by atoms with Crippen LogP contribution in [0.5, 0.6) is 0 Å². The smallest absolute Gasteiger partial charge is 0.255 e. The summed E-state index contributed by atoms with van der Waals surface area (Å²) in [6.45, 7) is 5.90. The van der Waals surface area contributed by atoms with Crippen LogP contribution < -0.4 is 5.32 Å². The van der Waals surface area contributed by atoms with Gasteiger partial charge in [-0.2, -0.15) is 0 Å². The molecule has 0 saturated carbocycles. The van der Waals surface area contributed by atoms with Gasteiger partial charge in [0.2, 0.25) is 0 Å². The first kappa shape index (κ1) is 18.2. The van der Waals surface area contributed by atoms with Gasteiger partial charge in [0.25, 0.3) is 11.8 Å². The maximum Gasteiger partial charge on any atom is 0.255 e. The van der Waals surface area contributed by atoms with E-state index in [1.54, 1.807) is 24.3 Å². The van der Waals surface area contributed by atoms with Gasteiger partial charge in [-0.15, -0.1) is 0 Å². The minimum Gasteiger partial charge on any atom is -0.339 e. The Hall–Kier alpha value is -2.62. The number of nitrogens with one attached hydrogen (secondary N) is 1. The lowest BCUT2D eigenvalue weighted by Crippen LogP contribution is -2.38. The van der Waals surface area contributed by atoms with E-state index in [4.69, 9.17) is 0 Å². The van der Waals surface area contributed by atoms with Gasteiger partial charge in [-0.25, -0.2) is 0 Å². The van der Waals surface area contributed by atoms with Crippen molar-refractivity contribution < 1.29 is 9.59 Å². The number of carbonyl (C=O) groups excluding carboxylic acids is 2. The van der Waals surface area contributed by atoms with Crippen LogP contribution in [0.2, 0.25) is 0 Å². The van der Waals surface area contributed by atoms with Gasteiger partial charge in [-0.05, 0) is 61.1 Å². The summed E-state index contributed by atoms with van der Waals surface area (Å²) in [5.41, 5.74) is 3.06. The van der Waals surface area contributed by atoms with Crippen LogP contribution in [0.1, 0.15) is 53.0 Å². The summed E-state index contributed by atoms with van der Waals surface area (Å²) >= 11 is 0. The Balaban J connectivity index is 1.69. The zero-order chi connectivity index (χ0) is 18.5. The highest BCUT2D eigenvalue weighted by Gasteiger charge is 2.22. The molecule has 2 aromatic rings. The molecule has 1 N–H and O–H groups in total. The number of carbonyl (C=O) groups is 2. The number of hydrogen-bond donors (Lipinski definition) is 1. The first-order valence-corrected chi connectivity index (χ1v) is 9.36. The summed E-state index contributed by atoms with van der Waals surface area (Å²) in [6, 6.07) is 14.8. The van der Waals surface area contributed by atoms with Crippen LogP contribution in [0.3, 0.4) is 0 Å². The van der Waals surface area contributed by atoms with E-state index in [2.05, 4.69) is 19.2 Å². The third-order valence-corrected chi connectivity index (χ3v) is 5.06. The maximum atomic E-state index is 12.7. The largest absolute Gasteiger partial charge is 0.339 e. The number of piperidine rings is 1. The SMILES string of the molecule is CCc1ccc(NC(=O)c2cccc(C(=O)N3CCC(C)CC3)c2)cc1.